The minimum absolute atomic E-state index is 0.128. The summed E-state index contributed by atoms with van der Waals surface area (Å²) in [5, 5.41) is 5.70. The molecule has 1 amide bonds. The van der Waals surface area contributed by atoms with Gasteiger partial charge in [0.05, 0.1) is 10.6 Å². The molecule has 0 aromatic heterocycles. The summed E-state index contributed by atoms with van der Waals surface area (Å²) in [7, 11) is -3.74. The number of thiocarbonyl (C=S) groups is 1. The van der Waals surface area contributed by atoms with Crippen LogP contribution in [0.1, 0.15) is 23.1 Å². The molecule has 0 bridgehead atoms. The van der Waals surface area contributed by atoms with Crippen LogP contribution in [0.25, 0.3) is 0 Å². The number of hydrogen-bond donors (Lipinski definition) is 3. The lowest BCUT2D eigenvalue weighted by atomic mass is 10.1. The molecule has 0 saturated carbocycles. The molecule has 0 unspecified atom stereocenters. The van der Waals surface area contributed by atoms with Crippen molar-refractivity contribution in [2.45, 2.75) is 31.6 Å². The number of anilines is 2. The Morgan fingerprint density at radius 2 is 1.50 bits per heavy atom. The Hall–Kier alpha value is -3.23. The Morgan fingerprint density at radius 1 is 0.875 bits per heavy atom. The van der Waals surface area contributed by atoms with Gasteiger partial charge in [0.25, 0.3) is 10.0 Å². The molecule has 0 heterocycles. The zero-order valence-corrected chi connectivity index (χ0v) is 19.5. The van der Waals surface area contributed by atoms with Crippen LogP contribution in [0.15, 0.2) is 77.7 Å². The number of sulfonamides is 1. The van der Waals surface area contributed by atoms with Crippen molar-refractivity contribution in [1.29, 1.82) is 0 Å². The Labute approximate surface area is 194 Å². The van der Waals surface area contributed by atoms with E-state index < -0.39 is 10.0 Å². The monoisotopic (exact) mass is 467 g/mol. The quantitative estimate of drug-likeness (QED) is 0.444. The molecule has 3 aromatic rings. The molecule has 0 aliphatic rings. The zero-order chi connectivity index (χ0) is 23.1. The molecule has 6 nitrogen and oxygen atoms in total. The van der Waals surface area contributed by atoms with E-state index in [1.165, 1.54) is 12.1 Å². The average Bonchev–Trinajstić information content (AvgIpc) is 2.76. The zero-order valence-electron chi connectivity index (χ0n) is 17.9. The third kappa shape index (κ3) is 6.38. The third-order valence-electron chi connectivity index (χ3n) is 4.88. The number of carbonyl (C=O) groups is 1. The smallest absolute Gasteiger partial charge is 0.261 e. The van der Waals surface area contributed by atoms with E-state index in [4.69, 9.17) is 12.2 Å². The molecule has 3 N–H and O–H groups in total. The van der Waals surface area contributed by atoms with E-state index in [1.807, 2.05) is 62.4 Å². The van der Waals surface area contributed by atoms with Crippen LogP contribution in [0.4, 0.5) is 11.4 Å². The van der Waals surface area contributed by atoms with E-state index in [1.54, 1.807) is 12.1 Å². The number of benzene rings is 3. The van der Waals surface area contributed by atoms with E-state index in [-0.39, 0.29) is 15.9 Å². The van der Waals surface area contributed by atoms with E-state index in [9.17, 15) is 13.2 Å². The molecule has 3 rings (SSSR count). The number of hydrogen-bond acceptors (Lipinski definition) is 4. The topological polar surface area (TPSA) is 87.3 Å². The van der Waals surface area contributed by atoms with Gasteiger partial charge in [-0.15, -0.1) is 0 Å². The van der Waals surface area contributed by atoms with Gasteiger partial charge in [0.15, 0.2) is 5.11 Å². The number of amides is 1. The first-order chi connectivity index (χ1) is 15.2. The second-order valence-corrected chi connectivity index (χ2v) is 9.48. The van der Waals surface area contributed by atoms with E-state index >= 15 is 0 Å². The summed E-state index contributed by atoms with van der Waals surface area (Å²) in [6, 6.07) is 21.5. The van der Waals surface area contributed by atoms with Crippen molar-refractivity contribution in [1.82, 2.24) is 5.32 Å². The van der Waals surface area contributed by atoms with Gasteiger partial charge in [-0.25, -0.2) is 8.42 Å². The number of para-hydroxylation sites is 1. The highest BCUT2D eigenvalue weighted by Gasteiger charge is 2.16. The number of nitrogens with one attached hydrogen (secondary N) is 3. The second-order valence-electron chi connectivity index (χ2n) is 7.38. The summed E-state index contributed by atoms with van der Waals surface area (Å²) in [5.74, 6) is -0.191. The standard InChI is InChI=1S/C24H25N3O3S2/c1-17-7-6-8-18(2)23(17)27-32(29,30)21-14-12-20(13-15-21)25-24(31)26-22(28)16-11-19-9-4-3-5-10-19/h3-10,12-15,27H,11,16H2,1-2H3,(H2,25,26,28,31). The summed E-state index contributed by atoms with van der Waals surface area (Å²) in [6.45, 7) is 3.71. The fourth-order valence-electron chi connectivity index (χ4n) is 3.14. The van der Waals surface area contributed by atoms with Crippen molar-refractivity contribution < 1.29 is 13.2 Å². The lowest BCUT2D eigenvalue weighted by Gasteiger charge is -2.14. The number of carbonyl (C=O) groups excluding carboxylic acids is 1. The predicted octanol–water partition coefficient (Wildman–Crippen LogP) is 4.55. The molecule has 0 aliphatic heterocycles. The van der Waals surface area contributed by atoms with Crippen LogP contribution >= 0.6 is 12.2 Å². The molecule has 166 valence electrons. The minimum atomic E-state index is -3.74. The molecule has 0 aliphatic carbocycles. The summed E-state index contributed by atoms with van der Waals surface area (Å²) in [4.78, 5) is 12.2. The minimum Gasteiger partial charge on any atom is -0.332 e. The van der Waals surface area contributed by atoms with Gasteiger partial charge in [-0.2, -0.15) is 0 Å². The van der Waals surface area contributed by atoms with Crippen LogP contribution in [0.3, 0.4) is 0 Å². The molecule has 8 heteroatoms. The first-order valence-electron chi connectivity index (χ1n) is 10.1. The molecular formula is C24H25N3O3S2. The predicted molar refractivity (Wildman–Crippen MR) is 132 cm³/mol. The van der Waals surface area contributed by atoms with Crippen molar-refractivity contribution in [2.75, 3.05) is 10.0 Å². The van der Waals surface area contributed by atoms with Crippen molar-refractivity contribution in [3.05, 3.63) is 89.5 Å². The molecule has 0 fully saturated rings. The Balaban J connectivity index is 1.56. The molecule has 0 spiro atoms. The first kappa shape index (κ1) is 23.4. The Bertz CT molecular complexity index is 1190. The number of aryl methyl sites for hydroxylation is 3. The maximum absolute atomic E-state index is 12.8. The molecule has 3 aromatic carbocycles. The largest absolute Gasteiger partial charge is 0.332 e. The maximum atomic E-state index is 12.8. The highest BCUT2D eigenvalue weighted by atomic mass is 32.2. The highest BCUT2D eigenvalue weighted by Crippen LogP contribution is 2.24. The van der Waals surface area contributed by atoms with Crippen molar-refractivity contribution in [3.8, 4) is 0 Å². The SMILES string of the molecule is Cc1cccc(C)c1NS(=O)(=O)c1ccc(NC(=S)NC(=O)CCc2ccccc2)cc1. The second kappa shape index (κ2) is 10.4. The maximum Gasteiger partial charge on any atom is 0.261 e. The fraction of sp³-hybridized carbons (Fsp3) is 0.167. The molecule has 0 saturated heterocycles. The van der Waals surface area contributed by atoms with E-state index in [0.717, 1.165) is 16.7 Å². The normalized spacial score (nSPS) is 10.9. The van der Waals surface area contributed by atoms with Gasteiger partial charge in [-0.1, -0.05) is 48.5 Å². The van der Waals surface area contributed by atoms with Gasteiger partial charge in [-0.3, -0.25) is 9.52 Å². The van der Waals surface area contributed by atoms with Crippen LogP contribution in [0.2, 0.25) is 0 Å². The highest BCUT2D eigenvalue weighted by molar-refractivity contribution is 7.92. The molecule has 0 atom stereocenters. The summed E-state index contributed by atoms with van der Waals surface area (Å²) < 4.78 is 28.2. The van der Waals surface area contributed by atoms with Crippen LogP contribution < -0.4 is 15.4 Å². The van der Waals surface area contributed by atoms with Crippen LogP contribution in [-0.4, -0.2) is 19.4 Å². The Kier molecular flexibility index (Phi) is 7.61. The van der Waals surface area contributed by atoms with Crippen LogP contribution in [-0.2, 0) is 21.2 Å². The number of rotatable bonds is 7. The van der Waals surface area contributed by atoms with Gasteiger partial charge in [0.1, 0.15) is 0 Å². The molecule has 0 radical (unpaired) electrons. The van der Waals surface area contributed by atoms with Gasteiger partial charge >= 0.3 is 0 Å². The molecular weight excluding hydrogens is 442 g/mol. The Morgan fingerprint density at radius 3 is 2.12 bits per heavy atom. The average molecular weight is 468 g/mol. The van der Waals surface area contributed by atoms with E-state index in [2.05, 4.69) is 15.4 Å². The van der Waals surface area contributed by atoms with Gasteiger partial charge in [-0.05, 0) is 73.4 Å². The van der Waals surface area contributed by atoms with E-state index in [0.29, 0.717) is 24.2 Å². The summed E-state index contributed by atoms with van der Waals surface area (Å²) in [6.07, 6.45) is 0.933. The molecule has 32 heavy (non-hydrogen) atoms. The van der Waals surface area contributed by atoms with Crippen molar-refractivity contribution in [2.24, 2.45) is 0 Å². The van der Waals surface area contributed by atoms with Crippen molar-refractivity contribution in [3.63, 3.8) is 0 Å². The lowest BCUT2D eigenvalue weighted by Crippen LogP contribution is -2.34. The fourth-order valence-corrected chi connectivity index (χ4v) is 4.57. The third-order valence-corrected chi connectivity index (χ3v) is 6.45. The van der Waals surface area contributed by atoms with Crippen LogP contribution in [0, 0.1) is 13.8 Å². The van der Waals surface area contributed by atoms with Crippen molar-refractivity contribution >= 4 is 44.6 Å². The lowest BCUT2D eigenvalue weighted by molar-refractivity contribution is -0.119. The first-order valence-corrected chi connectivity index (χ1v) is 12.0. The van der Waals surface area contributed by atoms with Gasteiger partial charge in [0.2, 0.25) is 5.91 Å². The van der Waals surface area contributed by atoms with Crippen LogP contribution in [0.5, 0.6) is 0 Å². The summed E-state index contributed by atoms with van der Waals surface area (Å²) >= 11 is 5.19. The van der Waals surface area contributed by atoms with Gasteiger partial charge < -0.3 is 10.6 Å². The van der Waals surface area contributed by atoms with Gasteiger partial charge in [0, 0.05) is 12.1 Å². The summed E-state index contributed by atoms with van der Waals surface area (Å²) in [5.41, 5.74) is 3.92.